The summed E-state index contributed by atoms with van der Waals surface area (Å²) in [7, 11) is 0. The molecule has 0 aromatic carbocycles. The van der Waals surface area contributed by atoms with Gasteiger partial charge in [-0.15, -0.1) is 0 Å². The molecule has 1 aliphatic heterocycles. The molecule has 1 unspecified atom stereocenters. The molecule has 0 aromatic heterocycles. The fourth-order valence-electron chi connectivity index (χ4n) is 1.44. The van der Waals surface area contributed by atoms with Crippen LogP contribution in [0.5, 0.6) is 0 Å². The van der Waals surface area contributed by atoms with Gasteiger partial charge in [0.1, 0.15) is 0 Å². The summed E-state index contributed by atoms with van der Waals surface area (Å²) in [5.41, 5.74) is 0. The van der Waals surface area contributed by atoms with Crippen LogP contribution < -0.4 is 0 Å². The van der Waals surface area contributed by atoms with E-state index in [9.17, 15) is 4.79 Å². The van der Waals surface area contributed by atoms with Gasteiger partial charge in [0.2, 0.25) is 5.91 Å². The molecule has 1 N–H and O–H groups in total. The molecule has 4 heteroatoms. The second kappa shape index (κ2) is 4.89. The van der Waals surface area contributed by atoms with Gasteiger partial charge >= 0.3 is 0 Å². The normalized spacial score (nSPS) is 23.1. The monoisotopic (exact) mass is 327 g/mol. The minimum Gasteiger partial charge on any atom is -0.394 e. The Balaban J connectivity index is 0.000001000. The fourth-order valence-corrected chi connectivity index (χ4v) is 1.44. The van der Waals surface area contributed by atoms with Crippen molar-refractivity contribution in [1.82, 2.24) is 4.90 Å². The van der Waals surface area contributed by atoms with Crippen LogP contribution in [0.3, 0.4) is 0 Å². The van der Waals surface area contributed by atoms with Crippen molar-refractivity contribution in [3.05, 3.63) is 0 Å². The Bertz CT molecular complexity index is 140. The molecule has 0 aliphatic carbocycles. The molecule has 0 radical (unpaired) electrons. The molecule has 1 amide bonds. The molecule has 1 atom stereocenters. The van der Waals surface area contributed by atoms with E-state index in [-0.39, 0.29) is 39.6 Å². The Morgan fingerprint density at radius 2 is 2.36 bits per heavy atom. The van der Waals surface area contributed by atoms with Crippen LogP contribution in [0.1, 0.15) is 19.8 Å². The summed E-state index contributed by atoms with van der Waals surface area (Å²) in [6.07, 6.45) is 1.99. The van der Waals surface area contributed by atoms with Crippen LogP contribution >= 0.6 is 0 Å². The maximum Gasteiger partial charge on any atom is 0.219 e. The summed E-state index contributed by atoms with van der Waals surface area (Å²) in [6.45, 7) is 2.48. The Morgan fingerprint density at radius 1 is 1.73 bits per heavy atom. The van der Waals surface area contributed by atoms with Crippen LogP contribution in [0.2, 0.25) is 0 Å². The molecule has 1 saturated heterocycles. The standard InChI is InChI=1S/C7H13NO2.W/c1-6(10)8-4-2-3-7(8)5-9;/h7,9H,2-5H2,1H3;. The summed E-state index contributed by atoms with van der Waals surface area (Å²) >= 11 is 0. The quantitative estimate of drug-likeness (QED) is 0.736. The maximum absolute atomic E-state index is 10.8. The SMILES string of the molecule is CC(=O)N1CCCC1CO.[W]. The average molecular weight is 327 g/mol. The summed E-state index contributed by atoms with van der Waals surface area (Å²) in [5, 5.41) is 8.79. The molecular formula is C7H13NO2W. The first-order chi connectivity index (χ1) is 4.75. The zero-order valence-corrected chi connectivity index (χ0v) is 9.55. The van der Waals surface area contributed by atoms with E-state index >= 15 is 0 Å². The number of hydrogen-bond acceptors (Lipinski definition) is 2. The summed E-state index contributed by atoms with van der Waals surface area (Å²) in [6, 6.07) is 0.0949. The summed E-state index contributed by atoms with van der Waals surface area (Å²) in [4.78, 5) is 12.6. The number of aliphatic hydroxyl groups is 1. The number of hydrogen-bond donors (Lipinski definition) is 1. The number of aliphatic hydroxyl groups excluding tert-OH is 1. The van der Waals surface area contributed by atoms with Crippen molar-refractivity contribution in [2.24, 2.45) is 0 Å². The molecule has 3 nitrogen and oxygen atoms in total. The van der Waals surface area contributed by atoms with Crippen LogP contribution in [-0.4, -0.2) is 35.1 Å². The number of rotatable bonds is 1. The van der Waals surface area contributed by atoms with E-state index < -0.39 is 0 Å². The van der Waals surface area contributed by atoms with Crippen molar-refractivity contribution in [2.75, 3.05) is 13.2 Å². The van der Waals surface area contributed by atoms with Gasteiger partial charge in [-0.25, -0.2) is 0 Å². The molecule has 0 aromatic rings. The molecular weight excluding hydrogens is 314 g/mol. The molecule has 0 saturated carbocycles. The first-order valence-electron chi connectivity index (χ1n) is 3.63. The van der Waals surface area contributed by atoms with Crippen molar-refractivity contribution in [3.63, 3.8) is 0 Å². The third kappa shape index (κ3) is 2.57. The molecule has 11 heavy (non-hydrogen) atoms. The average Bonchev–Trinajstić information content (AvgIpc) is 2.33. The van der Waals surface area contributed by atoms with E-state index in [0.29, 0.717) is 0 Å². The third-order valence-corrected chi connectivity index (χ3v) is 1.99. The summed E-state index contributed by atoms with van der Waals surface area (Å²) < 4.78 is 0. The van der Waals surface area contributed by atoms with Crippen molar-refractivity contribution in [3.8, 4) is 0 Å². The van der Waals surface area contributed by atoms with E-state index in [2.05, 4.69) is 0 Å². The number of nitrogens with zero attached hydrogens (tertiary/aromatic N) is 1. The molecule has 1 fully saturated rings. The van der Waals surface area contributed by atoms with E-state index in [1.54, 1.807) is 11.8 Å². The van der Waals surface area contributed by atoms with Gasteiger partial charge in [-0.05, 0) is 12.8 Å². The Kier molecular flexibility index (Phi) is 4.94. The smallest absolute Gasteiger partial charge is 0.219 e. The maximum atomic E-state index is 10.8. The van der Waals surface area contributed by atoms with Crippen molar-refractivity contribution < 1.29 is 31.0 Å². The third-order valence-electron chi connectivity index (χ3n) is 1.99. The first kappa shape index (κ1) is 11.1. The topological polar surface area (TPSA) is 40.5 Å². The van der Waals surface area contributed by atoms with Crippen LogP contribution in [0.25, 0.3) is 0 Å². The number of carbonyl (C=O) groups is 1. The first-order valence-corrected chi connectivity index (χ1v) is 3.63. The Morgan fingerprint density at radius 3 is 2.73 bits per heavy atom. The van der Waals surface area contributed by atoms with Gasteiger partial charge in [0.05, 0.1) is 12.6 Å². The molecule has 0 spiro atoms. The zero-order valence-electron chi connectivity index (χ0n) is 6.62. The minimum absolute atomic E-state index is 0. The van der Waals surface area contributed by atoms with Crippen molar-refractivity contribution in [1.29, 1.82) is 0 Å². The van der Waals surface area contributed by atoms with Crippen molar-refractivity contribution in [2.45, 2.75) is 25.8 Å². The second-order valence-corrected chi connectivity index (χ2v) is 2.69. The molecule has 1 heterocycles. The van der Waals surface area contributed by atoms with Gasteiger partial charge in [-0.2, -0.15) is 0 Å². The van der Waals surface area contributed by atoms with Gasteiger partial charge in [0, 0.05) is 34.5 Å². The van der Waals surface area contributed by atoms with E-state index in [1.165, 1.54) is 0 Å². The molecule has 0 bridgehead atoms. The fraction of sp³-hybridized carbons (Fsp3) is 0.857. The Labute approximate surface area is 81.0 Å². The molecule has 1 aliphatic rings. The number of likely N-dealkylation sites (tertiary alicyclic amines) is 1. The summed E-state index contributed by atoms with van der Waals surface area (Å²) in [5.74, 6) is 0.0801. The van der Waals surface area contributed by atoms with Gasteiger partial charge in [0.25, 0.3) is 0 Å². The number of carbonyl (C=O) groups excluding carboxylic acids is 1. The zero-order chi connectivity index (χ0) is 7.56. The van der Waals surface area contributed by atoms with E-state index in [4.69, 9.17) is 5.11 Å². The Hall–Kier alpha value is 0.118. The van der Waals surface area contributed by atoms with E-state index in [0.717, 1.165) is 19.4 Å². The van der Waals surface area contributed by atoms with Gasteiger partial charge in [-0.1, -0.05) is 0 Å². The largest absolute Gasteiger partial charge is 0.394 e. The predicted molar refractivity (Wildman–Crippen MR) is 37.5 cm³/mol. The van der Waals surface area contributed by atoms with Crippen molar-refractivity contribution >= 4 is 5.91 Å². The van der Waals surface area contributed by atoms with Crippen LogP contribution in [0, 0.1) is 0 Å². The minimum atomic E-state index is 0. The second-order valence-electron chi connectivity index (χ2n) is 2.69. The van der Waals surface area contributed by atoms with Crippen LogP contribution in [-0.2, 0) is 25.9 Å². The molecule has 64 valence electrons. The van der Waals surface area contributed by atoms with Crippen LogP contribution in [0.4, 0.5) is 0 Å². The predicted octanol–water partition coefficient (Wildman–Crippen LogP) is -0.0129. The van der Waals surface area contributed by atoms with Crippen LogP contribution in [0.15, 0.2) is 0 Å². The molecule has 1 rings (SSSR count). The van der Waals surface area contributed by atoms with E-state index in [1.807, 2.05) is 0 Å². The number of amides is 1. The van der Waals surface area contributed by atoms with Gasteiger partial charge in [-0.3, -0.25) is 4.79 Å². The van der Waals surface area contributed by atoms with Gasteiger partial charge in [0.15, 0.2) is 0 Å². The van der Waals surface area contributed by atoms with Gasteiger partial charge < -0.3 is 10.0 Å².